The molecule has 1 amide bonds. The Balaban J connectivity index is 1.41. The van der Waals surface area contributed by atoms with Gasteiger partial charge in [-0.2, -0.15) is 0 Å². The topological polar surface area (TPSA) is 74.5 Å². The normalized spacial score (nSPS) is 21.1. The van der Waals surface area contributed by atoms with E-state index in [2.05, 4.69) is 40.8 Å². The fourth-order valence-corrected chi connectivity index (χ4v) is 5.44. The number of aryl methyl sites for hydroxylation is 1. The lowest BCUT2D eigenvalue weighted by Crippen LogP contribution is -2.40. The molecule has 0 saturated carbocycles. The molecular weight excluding hydrogens is 402 g/mol. The molecule has 1 aromatic carbocycles. The minimum atomic E-state index is -0.811. The minimum Gasteiger partial charge on any atom is -0.465 e. The van der Waals surface area contributed by atoms with E-state index in [-0.39, 0.29) is 0 Å². The van der Waals surface area contributed by atoms with Gasteiger partial charge in [-0.25, -0.2) is 9.78 Å². The molecule has 3 aromatic rings. The molecule has 1 N–H and O–H groups in total. The second-order valence-electron chi connectivity index (χ2n) is 9.24. The van der Waals surface area contributed by atoms with Crippen molar-refractivity contribution in [2.45, 2.75) is 51.2 Å². The second-order valence-corrected chi connectivity index (χ2v) is 9.24. The van der Waals surface area contributed by atoms with Crippen LogP contribution in [0.4, 0.5) is 4.79 Å². The van der Waals surface area contributed by atoms with Crippen LogP contribution in [0.1, 0.15) is 48.8 Å². The second kappa shape index (κ2) is 8.90. The van der Waals surface area contributed by atoms with Crippen LogP contribution in [0.2, 0.25) is 0 Å². The molecule has 1 aliphatic heterocycles. The van der Waals surface area contributed by atoms with Gasteiger partial charge in [0.15, 0.2) is 0 Å². The number of para-hydroxylation sites is 2. The molecule has 0 spiro atoms. The maximum atomic E-state index is 11.5. The Bertz CT molecular complexity index is 1110. The number of nitrogens with zero attached hydrogens (tertiary/aromatic N) is 5. The van der Waals surface area contributed by atoms with Gasteiger partial charge in [-0.05, 0) is 68.8 Å². The van der Waals surface area contributed by atoms with Crippen LogP contribution in [-0.2, 0) is 19.5 Å². The van der Waals surface area contributed by atoms with E-state index in [4.69, 9.17) is 9.97 Å². The largest absolute Gasteiger partial charge is 0.465 e. The van der Waals surface area contributed by atoms with E-state index in [0.717, 1.165) is 55.6 Å². The first-order valence-corrected chi connectivity index (χ1v) is 11.7. The first-order valence-electron chi connectivity index (χ1n) is 11.7. The van der Waals surface area contributed by atoms with Gasteiger partial charge in [-0.3, -0.25) is 9.88 Å². The Kier molecular flexibility index (Phi) is 5.83. The SMILES string of the molecule is CN(Cc1nc2ccccc2n1C[C@@H]1CCCN(C(=O)O)C1)[C@@H]1CCCc2cccnc21. The lowest BCUT2D eigenvalue weighted by molar-refractivity contribution is 0.116. The number of fused-ring (bicyclic) bond motifs is 2. The summed E-state index contributed by atoms with van der Waals surface area (Å²) in [6.45, 7) is 2.77. The number of hydrogen-bond acceptors (Lipinski definition) is 4. The number of likely N-dealkylation sites (tertiary alicyclic amines) is 1. The molecule has 2 aromatic heterocycles. The van der Waals surface area contributed by atoms with Gasteiger partial charge >= 0.3 is 6.09 Å². The van der Waals surface area contributed by atoms with Crippen LogP contribution in [0.25, 0.3) is 11.0 Å². The smallest absolute Gasteiger partial charge is 0.407 e. The first kappa shape index (κ1) is 20.9. The highest BCUT2D eigenvalue weighted by Gasteiger charge is 2.28. The summed E-state index contributed by atoms with van der Waals surface area (Å²) >= 11 is 0. The number of aromatic nitrogens is 3. The highest BCUT2D eigenvalue weighted by molar-refractivity contribution is 5.75. The molecule has 2 atom stereocenters. The molecular formula is C25H31N5O2. The number of carbonyl (C=O) groups is 1. The van der Waals surface area contributed by atoms with Crippen LogP contribution >= 0.6 is 0 Å². The standard InChI is InChI=1S/C25H31N5O2/c1-28(22-12-4-8-19-9-5-13-26-24(19)22)17-23-27-20-10-2-3-11-21(20)30(23)16-18-7-6-14-29(15-18)25(31)32/h2-3,5,9-11,13,18,22H,4,6-8,12,14-17H2,1H3,(H,31,32)/t18-,22-/m1/s1. The number of rotatable bonds is 5. The van der Waals surface area contributed by atoms with Crippen LogP contribution in [0.15, 0.2) is 42.6 Å². The number of amides is 1. The van der Waals surface area contributed by atoms with Crippen molar-refractivity contribution in [3.05, 3.63) is 59.7 Å². The molecule has 3 heterocycles. The summed E-state index contributed by atoms with van der Waals surface area (Å²) in [7, 11) is 2.17. The fraction of sp³-hybridized carbons (Fsp3) is 0.480. The molecule has 7 nitrogen and oxygen atoms in total. The van der Waals surface area contributed by atoms with Crippen molar-refractivity contribution >= 4 is 17.1 Å². The number of piperidine rings is 1. The van der Waals surface area contributed by atoms with Gasteiger partial charge in [-0.15, -0.1) is 0 Å². The van der Waals surface area contributed by atoms with Gasteiger partial charge in [0.25, 0.3) is 0 Å². The molecule has 1 saturated heterocycles. The molecule has 7 heteroatoms. The Labute approximate surface area is 188 Å². The molecule has 32 heavy (non-hydrogen) atoms. The summed E-state index contributed by atoms with van der Waals surface area (Å²) in [6, 6.07) is 12.8. The van der Waals surface area contributed by atoms with Gasteiger partial charge in [-0.1, -0.05) is 18.2 Å². The van der Waals surface area contributed by atoms with Crippen LogP contribution in [0, 0.1) is 5.92 Å². The minimum absolute atomic E-state index is 0.297. The maximum Gasteiger partial charge on any atom is 0.407 e. The van der Waals surface area contributed by atoms with Crippen molar-refractivity contribution in [2.75, 3.05) is 20.1 Å². The zero-order valence-corrected chi connectivity index (χ0v) is 18.7. The van der Waals surface area contributed by atoms with Crippen molar-refractivity contribution in [3.8, 4) is 0 Å². The van der Waals surface area contributed by atoms with Gasteiger partial charge < -0.3 is 14.6 Å². The zero-order valence-electron chi connectivity index (χ0n) is 18.7. The van der Waals surface area contributed by atoms with Crippen molar-refractivity contribution in [1.82, 2.24) is 24.3 Å². The van der Waals surface area contributed by atoms with Crippen molar-refractivity contribution in [1.29, 1.82) is 0 Å². The number of imidazole rings is 1. The maximum absolute atomic E-state index is 11.5. The summed E-state index contributed by atoms with van der Waals surface area (Å²) in [6.07, 6.45) is 6.45. The molecule has 1 fully saturated rings. The predicted octanol–water partition coefficient (Wildman–Crippen LogP) is 4.33. The van der Waals surface area contributed by atoms with Crippen molar-refractivity contribution < 1.29 is 9.90 Å². The van der Waals surface area contributed by atoms with E-state index < -0.39 is 6.09 Å². The van der Waals surface area contributed by atoms with Crippen LogP contribution in [-0.4, -0.2) is 55.7 Å². The fourth-order valence-electron chi connectivity index (χ4n) is 5.44. The molecule has 0 radical (unpaired) electrons. The Morgan fingerprint density at radius 3 is 2.94 bits per heavy atom. The van der Waals surface area contributed by atoms with Crippen molar-refractivity contribution in [3.63, 3.8) is 0 Å². The lowest BCUT2D eigenvalue weighted by Gasteiger charge is -2.33. The number of pyridine rings is 1. The lowest BCUT2D eigenvalue weighted by atomic mass is 9.91. The van der Waals surface area contributed by atoms with Crippen LogP contribution in [0.5, 0.6) is 0 Å². The molecule has 1 aliphatic carbocycles. The summed E-state index contributed by atoms with van der Waals surface area (Å²) in [5.74, 6) is 1.35. The third kappa shape index (κ3) is 4.09. The molecule has 2 aliphatic rings. The van der Waals surface area contributed by atoms with Gasteiger partial charge in [0.2, 0.25) is 0 Å². The average molecular weight is 434 g/mol. The third-order valence-corrected chi connectivity index (χ3v) is 7.05. The van der Waals surface area contributed by atoms with Gasteiger partial charge in [0.1, 0.15) is 5.82 Å². The quantitative estimate of drug-likeness (QED) is 0.648. The zero-order chi connectivity index (χ0) is 22.1. The van der Waals surface area contributed by atoms with E-state index >= 15 is 0 Å². The Morgan fingerprint density at radius 2 is 2.06 bits per heavy atom. The molecule has 0 bridgehead atoms. The number of benzene rings is 1. The molecule has 168 valence electrons. The predicted molar refractivity (Wildman–Crippen MR) is 123 cm³/mol. The van der Waals surface area contributed by atoms with Crippen LogP contribution in [0.3, 0.4) is 0 Å². The van der Waals surface area contributed by atoms with Crippen LogP contribution < -0.4 is 0 Å². The first-order chi connectivity index (χ1) is 15.6. The number of carboxylic acid groups (broad SMARTS) is 1. The number of hydrogen-bond donors (Lipinski definition) is 1. The molecule has 5 rings (SSSR count). The summed E-state index contributed by atoms with van der Waals surface area (Å²) < 4.78 is 2.32. The highest BCUT2D eigenvalue weighted by atomic mass is 16.4. The van der Waals surface area contributed by atoms with Gasteiger partial charge in [0.05, 0.1) is 29.3 Å². The summed E-state index contributed by atoms with van der Waals surface area (Å²) in [4.78, 5) is 25.1. The monoisotopic (exact) mass is 433 g/mol. The Morgan fingerprint density at radius 1 is 1.19 bits per heavy atom. The third-order valence-electron chi connectivity index (χ3n) is 7.05. The Hall–Kier alpha value is -2.93. The summed E-state index contributed by atoms with van der Waals surface area (Å²) in [5.41, 5.74) is 4.70. The van der Waals surface area contributed by atoms with E-state index in [0.29, 0.717) is 25.0 Å². The van der Waals surface area contributed by atoms with E-state index in [9.17, 15) is 9.90 Å². The van der Waals surface area contributed by atoms with Gasteiger partial charge in [0, 0.05) is 25.8 Å². The summed E-state index contributed by atoms with van der Waals surface area (Å²) in [5, 5.41) is 9.45. The van der Waals surface area contributed by atoms with E-state index in [1.165, 1.54) is 17.7 Å². The van der Waals surface area contributed by atoms with E-state index in [1.54, 1.807) is 4.90 Å². The highest BCUT2D eigenvalue weighted by Crippen LogP contribution is 2.33. The molecule has 0 unspecified atom stereocenters. The van der Waals surface area contributed by atoms with Crippen molar-refractivity contribution in [2.24, 2.45) is 5.92 Å². The average Bonchev–Trinajstić information content (AvgIpc) is 3.15. The van der Waals surface area contributed by atoms with E-state index in [1.807, 2.05) is 18.3 Å².